The first kappa shape index (κ1) is 12.5. The smallest absolute Gasteiger partial charge is 0.0628 e. The number of hydrogen-bond donors (Lipinski definition) is 1. The van der Waals surface area contributed by atoms with Gasteiger partial charge in [-0.1, -0.05) is 26.7 Å². The van der Waals surface area contributed by atoms with Gasteiger partial charge in [-0.05, 0) is 31.1 Å². The van der Waals surface area contributed by atoms with Crippen LogP contribution in [-0.2, 0) is 0 Å². The lowest BCUT2D eigenvalue weighted by Crippen LogP contribution is -2.37. The molecular weight excluding hydrogens is 184 g/mol. The third-order valence-corrected chi connectivity index (χ3v) is 3.97. The molecule has 0 bridgehead atoms. The zero-order valence-corrected chi connectivity index (χ0v) is 10.3. The largest absolute Gasteiger partial charge is 0.313 e. The van der Waals surface area contributed by atoms with Crippen molar-refractivity contribution in [3.05, 3.63) is 0 Å². The maximum Gasteiger partial charge on any atom is 0.0628 e. The Morgan fingerprint density at radius 3 is 2.33 bits per heavy atom. The molecule has 0 aliphatic heterocycles. The van der Waals surface area contributed by atoms with Crippen LogP contribution in [0.2, 0.25) is 0 Å². The normalized spacial score (nSPS) is 19.9. The summed E-state index contributed by atoms with van der Waals surface area (Å²) in [5, 5.41) is 12.4. The Morgan fingerprint density at radius 2 is 1.93 bits per heavy atom. The summed E-state index contributed by atoms with van der Waals surface area (Å²) >= 11 is 0. The van der Waals surface area contributed by atoms with E-state index in [2.05, 4.69) is 32.2 Å². The van der Waals surface area contributed by atoms with Crippen molar-refractivity contribution >= 4 is 0 Å². The fraction of sp³-hybridized carbons (Fsp3) is 0.923. The molecule has 1 aliphatic carbocycles. The molecule has 0 saturated heterocycles. The Bertz CT molecular complexity index is 221. The highest BCUT2D eigenvalue weighted by molar-refractivity contribution is 5.01. The number of nitrogens with zero attached hydrogens (tertiary/aromatic N) is 1. The second-order valence-corrected chi connectivity index (χ2v) is 5.08. The number of rotatable bonds is 7. The Morgan fingerprint density at radius 1 is 1.33 bits per heavy atom. The lowest BCUT2D eigenvalue weighted by molar-refractivity contribution is 0.325. The lowest BCUT2D eigenvalue weighted by atomic mass is 9.94. The van der Waals surface area contributed by atoms with Gasteiger partial charge in [-0.15, -0.1) is 0 Å². The molecule has 15 heavy (non-hydrogen) atoms. The van der Waals surface area contributed by atoms with E-state index in [1.54, 1.807) is 0 Å². The summed E-state index contributed by atoms with van der Waals surface area (Å²) in [5.41, 5.74) is 0.342. The molecule has 0 spiro atoms. The van der Waals surface area contributed by atoms with Crippen molar-refractivity contribution in [3.8, 4) is 6.07 Å². The van der Waals surface area contributed by atoms with Crippen molar-refractivity contribution in [2.75, 3.05) is 6.54 Å². The Kier molecular flexibility index (Phi) is 4.60. The van der Waals surface area contributed by atoms with E-state index >= 15 is 0 Å². The van der Waals surface area contributed by atoms with Gasteiger partial charge in [0.05, 0.1) is 6.07 Å². The summed E-state index contributed by atoms with van der Waals surface area (Å²) in [5.74, 6) is 0.780. The molecule has 0 amide bonds. The average molecular weight is 208 g/mol. The lowest BCUT2D eigenvalue weighted by Gasteiger charge is -2.24. The van der Waals surface area contributed by atoms with Crippen molar-refractivity contribution < 1.29 is 0 Å². The van der Waals surface area contributed by atoms with E-state index in [1.807, 2.05) is 0 Å². The van der Waals surface area contributed by atoms with Gasteiger partial charge in [-0.3, -0.25) is 0 Å². The van der Waals surface area contributed by atoms with Crippen LogP contribution in [-0.4, -0.2) is 12.6 Å². The van der Waals surface area contributed by atoms with Gasteiger partial charge in [-0.25, -0.2) is 0 Å². The fourth-order valence-electron chi connectivity index (χ4n) is 2.30. The van der Waals surface area contributed by atoms with E-state index in [9.17, 15) is 0 Å². The van der Waals surface area contributed by atoms with E-state index in [4.69, 9.17) is 5.26 Å². The highest BCUT2D eigenvalue weighted by Gasteiger charge is 2.42. The van der Waals surface area contributed by atoms with Crippen LogP contribution in [0.5, 0.6) is 0 Å². The van der Waals surface area contributed by atoms with E-state index in [1.165, 1.54) is 25.7 Å². The zero-order valence-electron chi connectivity index (χ0n) is 10.3. The second-order valence-electron chi connectivity index (χ2n) is 5.08. The Balaban J connectivity index is 2.27. The third kappa shape index (κ3) is 3.50. The van der Waals surface area contributed by atoms with Gasteiger partial charge in [0.15, 0.2) is 0 Å². The maximum atomic E-state index is 8.73. The first-order valence-electron chi connectivity index (χ1n) is 6.27. The number of hydrogen-bond acceptors (Lipinski definition) is 2. The molecule has 1 aliphatic rings. The molecule has 1 unspecified atom stereocenters. The molecule has 1 fully saturated rings. The molecule has 86 valence electrons. The van der Waals surface area contributed by atoms with Crippen molar-refractivity contribution in [3.63, 3.8) is 0 Å². The van der Waals surface area contributed by atoms with Crippen LogP contribution >= 0.6 is 0 Å². The predicted octanol–water partition coefficient (Wildman–Crippen LogP) is 3.09. The molecule has 0 aromatic heterocycles. The van der Waals surface area contributed by atoms with E-state index in [-0.39, 0.29) is 0 Å². The van der Waals surface area contributed by atoms with Crippen LogP contribution in [0.25, 0.3) is 0 Å². The molecule has 2 nitrogen and oxygen atoms in total. The van der Waals surface area contributed by atoms with Gasteiger partial charge >= 0.3 is 0 Å². The summed E-state index contributed by atoms with van der Waals surface area (Å²) < 4.78 is 0. The van der Waals surface area contributed by atoms with Crippen LogP contribution in [0.3, 0.4) is 0 Å². The minimum atomic E-state index is 0.342. The quantitative estimate of drug-likeness (QED) is 0.698. The average Bonchev–Trinajstić information content (AvgIpc) is 2.98. The first-order chi connectivity index (χ1) is 7.17. The molecular formula is C13H24N2. The first-order valence-corrected chi connectivity index (χ1v) is 6.27. The van der Waals surface area contributed by atoms with Crippen molar-refractivity contribution in [1.29, 1.82) is 5.26 Å². The van der Waals surface area contributed by atoms with E-state index in [0.29, 0.717) is 11.5 Å². The van der Waals surface area contributed by atoms with Gasteiger partial charge in [-0.2, -0.15) is 5.26 Å². The summed E-state index contributed by atoms with van der Waals surface area (Å²) in [6, 6.07) is 2.91. The Labute approximate surface area is 94.1 Å². The molecule has 1 atom stereocenters. The SMILES string of the molecule is CCC(CC)C(C)NCC1(CC#N)CC1. The van der Waals surface area contributed by atoms with E-state index < -0.39 is 0 Å². The van der Waals surface area contributed by atoms with Gasteiger partial charge in [0.1, 0.15) is 0 Å². The van der Waals surface area contributed by atoms with Crippen LogP contribution in [0.1, 0.15) is 52.9 Å². The molecule has 0 radical (unpaired) electrons. The zero-order chi connectivity index (χ0) is 11.3. The number of nitrogens with one attached hydrogen (secondary N) is 1. The fourth-order valence-corrected chi connectivity index (χ4v) is 2.30. The molecule has 0 heterocycles. The standard InChI is InChI=1S/C13H24N2/c1-4-12(5-2)11(3)15-10-13(6-7-13)8-9-14/h11-12,15H,4-8,10H2,1-3H3. The van der Waals surface area contributed by atoms with Crippen molar-refractivity contribution in [2.45, 2.75) is 58.9 Å². The van der Waals surface area contributed by atoms with Gasteiger partial charge in [0.25, 0.3) is 0 Å². The highest BCUT2D eigenvalue weighted by Crippen LogP contribution is 2.48. The minimum absolute atomic E-state index is 0.342. The van der Waals surface area contributed by atoms with Gasteiger partial charge in [0, 0.05) is 19.0 Å². The maximum absolute atomic E-state index is 8.73. The monoisotopic (exact) mass is 208 g/mol. The second kappa shape index (κ2) is 5.51. The summed E-state index contributed by atoms with van der Waals surface area (Å²) in [6.07, 6.45) is 5.70. The predicted molar refractivity (Wildman–Crippen MR) is 63.4 cm³/mol. The minimum Gasteiger partial charge on any atom is -0.313 e. The van der Waals surface area contributed by atoms with E-state index in [0.717, 1.165) is 18.9 Å². The molecule has 0 aromatic rings. The summed E-state index contributed by atoms with van der Waals surface area (Å²) in [4.78, 5) is 0. The number of nitriles is 1. The van der Waals surface area contributed by atoms with Crippen LogP contribution in [0, 0.1) is 22.7 Å². The summed E-state index contributed by atoms with van der Waals surface area (Å²) in [6.45, 7) is 7.83. The highest BCUT2D eigenvalue weighted by atomic mass is 14.9. The van der Waals surface area contributed by atoms with Crippen molar-refractivity contribution in [1.82, 2.24) is 5.32 Å². The van der Waals surface area contributed by atoms with Crippen LogP contribution < -0.4 is 5.32 Å². The molecule has 1 saturated carbocycles. The molecule has 0 aromatic carbocycles. The van der Waals surface area contributed by atoms with Gasteiger partial charge < -0.3 is 5.32 Å². The summed E-state index contributed by atoms with van der Waals surface area (Å²) in [7, 11) is 0. The molecule has 1 N–H and O–H groups in total. The van der Waals surface area contributed by atoms with Crippen molar-refractivity contribution in [2.24, 2.45) is 11.3 Å². The van der Waals surface area contributed by atoms with Crippen LogP contribution in [0.4, 0.5) is 0 Å². The molecule has 1 rings (SSSR count). The topological polar surface area (TPSA) is 35.8 Å². The third-order valence-electron chi connectivity index (χ3n) is 3.97. The van der Waals surface area contributed by atoms with Crippen LogP contribution in [0.15, 0.2) is 0 Å². The molecule has 2 heteroatoms. The van der Waals surface area contributed by atoms with Gasteiger partial charge in [0.2, 0.25) is 0 Å². The Hall–Kier alpha value is -0.550.